The summed E-state index contributed by atoms with van der Waals surface area (Å²) >= 11 is 1.04. The van der Waals surface area contributed by atoms with E-state index in [4.69, 9.17) is 15.2 Å². The summed E-state index contributed by atoms with van der Waals surface area (Å²) in [5, 5.41) is 3.00. The molecular weight excluding hydrogens is 411 g/mol. The summed E-state index contributed by atoms with van der Waals surface area (Å²) in [6.07, 6.45) is -0.254. The van der Waals surface area contributed by atoms with Gasteiger partial charge in [0.2, 0.25) is 0 Å². The van der Waals surface area contributed by atoms with Crippen LogP contribution < -0.4 is 15.8 Å². The maximum atomic E-state index is 14.3. The highest BCUT2D eigenvalue weighted by atomic mass is 32.1. The molecule has 1 fully saturated rings. The Kier molecular flexibility index (Phi) is 6.16. The first kappa shape index (κ1) is 21.8. The minimum absolute atomic E-state index is 0.00280. The zero-order valence-corrected chi connectivity index (χ0v) is 18.1. The van der Waals surface area contributed by atoms with Crippen LogP contribution in [-0.4, -0.2) is 46.1 Å². The first-order valence-electron chi connectivity index (χ1n) is 9.50. The molecule has 0 unspecified atom stereocenters. The average molecular weight is 437 g/mol. The van der Waals surface area contributed by atoms with Gasteiger partial charge in [-0.25, -0.2) is 9.18 Å². The van der Waals surface area contributed by atoms with Crippen LogP contribution in [0.15, 0.2) is 18.2 Å². The van der Waals surface area contributed by atoms with Crippen molar-refractivity contribution < 1.29 is 23.5 Å². The number of aryl methyl sites for hydroxylation is 1. The zero-order chi connectivity index (χ0) is 22.1. The van der Waals surface area contributed by atoms with E-state index in [1.165, 1.54) is 23.1 Å². The number of likely N-dealkylation sites (tertiary alicyclic amines) is 1. The second kappa shape index (κ2) is 8.47. The summed E-state index contributed by atoms with van der Waals surface area (Å²) in [6, 6.07) is 4.06. The van der Waals surface area contributed by atoms with E-state index in [1.54, 1.807) is 27.7 Å². The fourth-order valence-corrected chi connectivity index (χ4v) is 3.68. The molecule has 0 spiro atoms. The maximum absolute atomic E-state index is 14.3. The molecule has 1 aliphatic rings. The number of nitrogen functional groups attached to an aromatic ring is 1. The Morgan fingerprint density at radius 1 is 1.37 bits per heavy atom. The van der Waals surface area contributed by atoms with Crippen molar-refractivity contribution in [2.24, 2.45) is 0 Å². The standard InChI is InChI=1S/C20H25FN4O4S/c1-11-16(17(22)30-24-11)18(26)23-12-5-6-14(21)15(9-12)28-13-7-8-25(10-13)19(27)29-20(2,3)4/h5-6,9,13H,7-8,10,22H2,1-4H3,(H,23,26)/t13-/m1/s1. The lowest BCUT2D eigenvalue weighted by atomic mass is 10.2. The third kappa shape index (κ3) is 5.18. The highest BCUT2D eigenvalue weighted by Gasteiger charge is 2.31. The Bertz CT molecular complexity index is 937. The van der Waals surface area contributed by atoms with Crippen LogP contribution in [0.1, 0.15) is 43.2 Å². The number of nitrogens with zero attached hydrogens (tertiary/aromatic N) is 2. The van der Waals surface area contributed by atoms with Gasteiger partial charge in [-0.05, 0) is 51.4 Å². The number of hydrogen-bond acceptors (Lipinski definition) is 7. The minimum atomic E-state index is -0.589. The molecule has 1 saturated heterocycles. The van der Waals surface area contributed by atoms with E-state index >= 15 is 0 Å². The quantitative estimate of drug-likeness (QED) is 0.755. The number of anilines is 2. The van der Waals surface area contributed by atoms with Gasteiger partial charge in [-0.2, -0.15) is 4.37 Å². The molecule has 1 aromatic heterocycles. The number of carbonyl (C=O) groups excluding carboxylic acids is 2. The normalized spacial score (nSPS) is 16.4. The topological polar surface area (TPSA) is 107 Å². The van der Waals surface area contributed by atoms with Crippen molar-refractivity contribution in [3.63, 3.8) is 0 Å². The molecule has 2 amide bonds. The van der Waals surface area contributed by atoms with Gasteiger partial charge in [0.05, 0.1) is 17.8 Å². The van der Waals surface area contributed by atoms with Gasteiger partial charge >= 0.3 is 6.09 Å². The minimum Gasteiger partial charge on any atom is -0.485 e. The van der Waals surface area contributed by atoms with Gasteiger partial charge in [0.15, 0.2) is 11.6 Å². The fraction of sp³-hybridized carbons (Fsp3) is 0.450. The molecule has 3 rings (SSSR count). The van der Waals surface area contributed by atoms with Crippen LogP contribution in [0.25, 0.3) is 0 Å². The van der Waals surface area contributed by atoms with Crippen molar-refractivity contribution >= 4 is 34.2 Å². The Hall–Kier alpha value is -2.88. The van der Waals surface area contributed by atoms with Gasteiger partial charge in [0, 0.05) is 24.7 Å². The Morgan fingerprint density at radius 2 is 2.10 bits per heavy atom. The summed E-state index contributed by atoms with van der Waals surface area (Å²) in [5.74, 6) is -0.984. The number of amides is 2. The number of nitrogens with two attached hydrogens (primary N) is 1. The molecule has 10 heteroatoms. The fourth-order valence-electron chi connectivity index (χ4n) is 3.02. The van der Waals surface area contributed by atoms with Crippen LogP contribution >= 0.6 is 11.5 Å². The van der Waals surface area contributed by atoms with Gasteiger partial charge in [-0.1, -0.05) is 0 Å². The van der Waals surface area contributed by atoms with Gasteiger partial charge in [0.25, 0.3) is 5.91 Å². The average Bonchev–Trinajstić information content (AvgIpc) is 3.23. The van der Waals surface area contributed by atoms with Crippen molar-refractivity contribution in [2.75, 3.05) is 24.1 Å². The number of hydrogen-bond donors (Lipinski definition) is 2. The number of halogens is 1. The van der Waals surface area contributed by atoms with Crippen molar-refractivity contribution in [1.29, 1.82) is 0 Å². The molecule has 162 valence electrons. The van der Waals surface area contributed by atoms with E-state index in [1.807, 2.05) is 0 Å². The molecule has 30 heavy (non-hydrogen) atoms. The largest absolute Gasteiger partial charge is 0.485 e. The molecule has 1 aromatic carbocycles. The van der Waals surface area contributed by atoms with Gasteiger partial charge in [-0.15, -0.1) is 0 Å². The summed E-state index contributed by atoms with van der Waals surface area (Å²) in [4.78, 5) is 26.2. The first-order chi connectivity index (χ1) is 14.0. The second-order valence-corrected chi connectivity index (χ2v) is 8.87. The molecule has 0 aliphatic carbocycles. The molecule has 0 bridgehead atoms. The number of nitrogens with one attached hydrogen (secondary N) is 1. The molecule has 2 aromatic rings. The molecule has 1 atom stereocenters. The van der Waals surface area contributed by atoms with E-state index in [0.29, 0.717) is 41.5 Å². The van der Waals surface area contributed by atoms with Crippen LogP contribution in [-0.2, 0) is 4.74 Å². The van der Waals surface area contributed by atoms with Crippen LogP contribution in [0.3, 0.4) is 0 Å². The third-order valence-electron chi connectivity index (χ3n) is 4.40. The Balaban J connectivity index is 1.65. The van der Waals surface area contributed by atoms with Crippen LogP contribution in [0.5, 0.6) is 5.75 Å². The highest BCUT2D eigenvalue weighted by molar-refractivity contribution is 7.10. The monoisotopic (exact) mass is 436 g/mol. The number of ether oxygens (including phenoxy) is 2. The molecule has 8 nitrogen and oxygen atoms in total. The van der Waals surface area contributed by atoms with Crippen molar-refractivity contribution in [3.8, 4) is 5.75 Å². The lowest BCUT2D eigenvalue weighted by Crippen LogP contribution is -2.36. The van der Waals surface area contributed by atoms with Crippen molar-refractivity contribution in [3.05, 3.63) is 35.3 Å². The van der Waals surface area contributed by atoms with E-state index in [9.17, 15) is 14.0 Å². The molecular formula is C20H25FN4O4S. The zero-order valence-electron chi connectivity index (χ0n) is 17.3. The molecule has 2 heterocycles. The lowest BCUT2D eigenvalue weighted by Gasteiger charge is -2.24. The predicted molar refractivity (Wildman–Crippen MR) is 112 cm³/mol. The molecule has 0 saturated carbocycles. The SMILES string of the molecule is Cc1nsc(N)c1C(=O)Nc1ccc(F)c(O[C@@H]2CCN(C(=O)OC(C)(C)C)C2)c1. The van der Waals surface area contributed by atoms with Gasteiger partial charge in [-0.3, -0.25) is 4.79 Å². The number of benzene rings is 1. The van der Waals surface area contributed by atoms with E-state index in [0.717, 1.165) is 11.5 Å². The molecule has 0 radical (unpaired) electrons. The van der Waals surface area contributed by atoms with Gasteiger partial charge in [0.1, 0.15) is 16.7 Å². The smallest absolute Gasteiger partial charge is 0.410 e. The number of aromatic nitrogens is 1. The van der Waals surface area contributed by atoms with Crippen molar-refractivity contribution in [2.45, 2.75) is 45.8 Å². The summed E-state index contributed by atoms with van der Waals surface area (Å²) in [6.45, 7) is 7.84. The van der Waals surface area contributed by atoms with E-state index < -0.39 is 23.4 Å². The van der Waals surface area contributed by atoms with E-state index in [2.05, 4.69) is 9.69 Å². The molecule has 1 aliphatic heterocycles. The van der Waals surface area contributed by atoms with Gasteiger partial charge < -0.3 is 25.4 Å². The maximum Gasteiger partial charge on any atom is 0.410 e. The first-order valence-corrected chi connectivity index (χ1v) is 10.3. The second-order valence-electron chi connectivity index (χ2n) is 8.06. The summed E-state index contributed by atoms with van der Waals surface area (Å²) in [5.41, 5.74) is 6.41. The van der Waals surface area contributed by atoms with Crippen LogP contribution in [0.4, 0.5) is 19.9 Å². The summed E-state index contributed by atoms with van der Waals surface area (Å²) in [7, 11) is 0. The summed E-state index contributed by atoms with van der Waals surface area (Å²) < 4.78 is 29.4. The predicted octanol–water partition coefficient (Wildman–Crippen LogP) is 3.81. The highest BCUT2D eigenvalue weighted by Crippen LogP contribution is 2.27. The lowest BCUT2D eigenvalue weighted by molar-refractivity contribution is 0.0275. The number of carbonyl (C=O) groups is 2. The number of rotatable bonds is 4. The molecule has 3 N–H and O–H groups in total. The Morgan fingerprint density at radius 3 is 2.73 bits per heavy atom. The third-order valence-corrected chi connectivity index (χ3v) is 5.16. The van der Waals surface area contributed by atoms with Crippen LogP contribution in [0.2, 0.25) is 0 Å². The Labute approximate surface area is 178 Å². The van der Waals surface area contributed by atoms with Crippen molar-refractivity contribution in [1.82, 2.24) is 9.27 Å². The van der Waals surface area contributed by atoms with Crippen LogP contribution in [0, 0.1) is 12.7 Å². The van der Waals surface area contributed by atoms with E-state index in [-0.39, 0.29) is 11.9 Å².